The molecule has 1 aliphatic heterocycles. The fraction of sp³-hybridized carbons (Fsp3) is 0.412. The molecule has 4 nitrogen and oxygen atoms in total. The summed E-state index contributed by atoms with van der Waals surface area (Å²) < 4.78 is 12.9. The Morgan fingerprint density at radius 2 is 2.04 bits per heavy atom. The van der Waals surface area contributed by atoms with Crippen LogP contribution in [-0.2, 0) is 6.54 Å². The third-order valence-electron chi connectivity index (χ3n) is 4.14. The number of aromatic nitrogens is 1. The average molecular weight is 333 g/mol. The molecule has 1 saturated heterocycles. The summed E-state index contributed by atoms with van der Waals surface area (Å²) in [5, 5.41) is 5.34. The molecule has 1 aromatic carbocycles. The van der Waals surface area contributed by atoms with Crippen LogP contribution in [0.1, 0.15) is 35.8 Å². The Kier molecular flexibility index (Phi) is 5.03. The van der Waals surface area contributed by atoms with Crippen LogP contribution in [0.2, 0.25) is 0 Å². The van der Waals surface area contributed by atoms with Gasteiger partial charge in [0.1, 0.15) is 5.82 Å². The zero-order valence-electron chi connectivity index (χ0n) is 13.1. The number of hydrogen-bond donors (Lipinski definition) is 1. The molecule has 1 fully saturated rings. The molecule has 1 aliphatic rings. The normalized spacial score (nSPS) is 16.4. The van der Waals surface area contributed by atoms with Crippen LogP contribution in [-0.4, -0.2) is 28.9 Å². The van der Waals surface area contributed by atoms with E-state index in [0.29, 0.717) is 10.7 Å². The van der Waals surface area contributed by atoms with Crippen LogP contribution >= 0.6 is 11.3 Å². The van der Waals surface area contributed by atoms with Gasteiger partial charge in [-0.25, -0.2) is 9.37 Å². The lowest BCUT2D eigenvalue weighted by Gasteiger charge is -2.29. The highest BCUT2D eigenvalue weighted by Crippen LogP contribution is 2.21. The number of hydrogen-bond acceptors (Lipinski definition) is 4. The molecule has 0 bridgehead atoms. The van der Waals surface area contributed by atoms with Gasteiger partial charge in [0.25, 0.3) is 5.91 Å². The van der Waals surface area contributed by atoms with Crippen molar-refractivity contribution >= 4 is 22.4 Å². The standard InChI is InChI=1S/C17H20FN3OS/c1-12-6-8-21(9-7-12)10-15-11-23-17(19-15)20-16(22)13-2-4-14(18)5-3-13/h2-5,11-12H,6-10H2,1H3,(H,19,20,22). The van der Waals surface area contributed by atoms with Gasteiger partial charge < -0.3 is 0 Å². The molecule has 6 heteroatoms. The Labute approximate surface area is 139 Å². The van der Waals surface area contributed by atoms with Crippen molar-refractivity contribution in [2.24, 2.45) is 5.92 Å². The Balaban J connectivity index is 1.56. The van der Waals surface area contributed by atoms with Gasteiger partial charge in [-0.2, -0.15) is 0 Å². The van der Waals surface area contributed by atoms with Gasteiger partial charge in [-0.15, -0.1) is 11.3 Å². The molecule has 122 valence electrons. The first kappa shape index (κ1) is 16.1. The molecule has 0 spiro atoms. The Morgan fingerprint density at radius 3 is 2.74 bits per heavy atom. The van der Waals surface area contributed by atoms with Crippen molar-refractivity contribution in [3.63, 3.8) is 0 Å². The van der Waals surface area contributed by atoms with Crippen LogP contribution in [0.15, 0.2) is 29.6 Å². The minimum Gasteiger partial charge on any atom is -0.298 e. The lowest BCUT2D eigenvalue weighted by molar-refractivity contribution is 0.102. The van der Waals surface area contributed by atoms with E-state index in [-0.39, 0.29) is 11.7 Å². The molecule has 1 amide bonds. The number of nitrogens with one attached hydrogen (secondary N) is 1. The molecule has 3 rings (SSSR count). The fourth-order valence-electron chi connectivity index (χ4n) is 2.66. The van der Waals surface area contributed by atoms with Crippen LogP contribution < -0.4 is 5.32 Å². The smallest absolute Gasteiger partial charge is 0.257 e. The largest absolute Gasteiger partial charge is 0.298 e. The van der Waals surface area contributed by atoms with E-state index < -0.39 is 0 Å². The van der Waals surface area contributed by atoms with Crippen molar-refractivity contribution in [2.45, 2.75) is 26.3 Å². The Hall–Kier alpha value is -1.79. The highest BCUT2D eigenvalue weighted by atomic mass is 32.1. The molecular weight excluding hydrogens is 313 g/mol. The van der Waals surface area contributed by atoms with E-state index in [0.717, 1.165) is 31.2 Å². The maximum absolute atomic E-state index is 12.9. The number of piperidine rings is 1. The van der Waals surface area contributed by atoms with E-state index in [1.54, 1.807) is 0 Å². The molecule has 1 N–H and O–H groups in total. The number of thiazole rings is 1. The third kappa shape index (κ3) is 4.36. The zero-order chi connectivity index (χ0) is 16.2. The first-order valence-corrected chi connectivity index (χ1v) is 8.72. The number of rotatable bonds is 4. The second-order valence-corrected chi connectivity index (χ2v) is 6.92. The number of carbonyl (C=O) groups excluding carboxylic acids is 1. The zero-order valence-corrected chi connectivity index (χ0v) is 13.9. The SMILES string of the molecule is CC1CCN(Cc2csc(NC(=O)c3ccc(F)cc3)n2)CC1. The summed E-state index contributed by atoms with van der Waals surface area (Å²) in [5.41, 5.74) is 1.41. The summed E-state index contributed by atoms with van der Waals surface area (Å²) in [6, 6.07) is 5.49. The maximum Gasteiger partial charge on any atom is 0.257 e. The molecule has 0 unspecified atom stereocenters. The van der Waals surface area contributed by atoms with Gasteiger partial charge in [-0.3, -0.25) is 15.0 Å². The van der Waals surface area contributed by atoms with Crippen LogP contribution in [0.5, 0.6) is 0 Å². The van der Waals surface area contributed by atoms with E-state index in [1.165, 1.54) is 48.4 Å². The van der Waals surface area contributed by atoms with Gasteiger partial charge in [0, 0.05) is 17.5 Å². The summed E-state index contributed by atoms with van der Waals surface area (Å²) in [6.07, 6.45) is 2.47. The quantitative estimate of drug-likeness (QED) is 0.926. The first-order valence-electron chi connectivity index (χ1n) is 7.84. The predicted octanol–water partition coefficient (Wildman–Crippen LogP) is 3.77. The van der Waals surface area contributed by atoms with Crippen molar-refractivity contribution in [2.75, 3.05) is 18.4 Å². The fourth-order valence-corrected chi connectivity index (χ4v) is 3.35. The summed E-state index contributed by atoms with van der Waals surface area (Å²) >= 11 is 1.42. The molecular formula is C17H20FN3OS. The number of amides is 1. The predicted molar refractivity (Wildman–Crippen MR) is 90.1 cm³/mol. The summed E-state index contributed by atoms with van der Waals surface area (Å²) in [7, 11) is 0. The van der Waals surface area contributed by atoms with Gasteiger partial charge in [-0.1, -0.05) is 6.92 Å². The molecule has 2 aromatic rings. The monoisotopic (exact) mass is 333 g/mol. The highest BCUT2D eigenvalue weighted by Gasteiger charge is 2.17. The second kappa shape index (κ2) is 7.19. The lowest BCUT2D eigenvalue weighted by atomic mass is 9.99. The maximum atomic E-state index is 12.9. The molecule has 2 heterocycles. The van der Waals surface area contributed by atoms with Crippen molar-refractivity contribution < 1.29 is 9.18 Å². The number of benzene rings is 1. The number of carbonyl (C=O) groups is 1. The molecule has 0 saturated carbocycles. The van der Waals surface area contributed by atoms with Crippen LogP contribution in [0.3, 0.4) is 0 Å². The van der Waals surface area contributed by atoms with Crippen molar-refractivity contribution in [3.05, 3.63) is 46.7 Å². The van der Waals surface area contributed by atoms with Gasteiger partial charge in [0.2, 0.25) is 0 Å². The Bertz CT molecular complexity index is 663. The number of anilines is 1. The van der Waals surface area contributed by atoms with E-state index in [9.17, 15) is 9.18 Å². The number of nitrogens with zero attached hydrogens (tertiary/aromatic N) is 2. The van der Waals surface area contributed by atoms with E-state index in [4.69, 9.17) is 0 Å². The van der Waals surface area contributed by atoms with E-state index in [2.05, 4.69) is 22.1 Å². The molecule has 23 heavy (non-hydrogen) atoms. The van der Waals surface area contributed by atoms with Gasteiger partial charge in [0.05, 0.1) is 5.69 Å². The van der Waals surface area contributed by atoms with Crippen molar-refractivity contribution in [3.8, 4) is 0 Å². The average Bonchev–Trinajstić information content (AvgIpc) is 2.97. The molecule has 0 aliphatic carbocycles. The first-order chi connectivity index (χ1) is 11.1. The van der Waals surface area contributed by atoms with Crippen LogP contribution in [0.25, 0.3) is 0 Å². The summed E-state index contributed by atoms with van der Waals surface area (Å²) in [5.74, 6) is 0.193. The minimum absolute atomic E-state index is 0.266. The molecule has 0 atom stereocenters. The third-order valence-corrected chi connectivity index (χ3v) is 4.95. The van der Waals surface area contributed by atoms with Gasteiger partial charge in [0.15, 0.2) is 5.13 Å². The number of halogens is 1. The minimum atomic E-state index is -0.353. The van der Waals surface area contributed by atoms with Crippen LogP contribution in [0, 0.1) is 11.7 Å². The van der Waals surface area contributed by atoms with E-state index in [1.807, 2.05) is 5.38 Å². The van der Waals surface area contributed by atoms with Crippen molar-refractivity contribution in [1.29, 1.82) is 0 Å². The molecule has 1 aromatic heterocycles. The van der Waals surface area contributed by atoms with Crippen molar-refractivity contribution in [1.82, 2.24) is 9.88 Å². The van der Waals surface area contributed by atoms with E-state index >= 15 is 0 Å². The Morgan fingerprint density at radius 1 is 1.35 bits per heavy atom. The van der Waals surface area contributed by atoms with Gasteiger partial charge in [-0.05, 0) is 56.1 Å². The second-order valence-electron chi connectivity index (χ2n) is 6.06. The van der Waals surface area contributed by atoms with Gasteiger partial charge >= 0.3 is 0 Å². The number of likely N-dealkylation sites (tertiary alicyclic amines) is 1. The van der Waals surface area contributed by atoms with Crippen LogP contribution in [0.4, 0.5) is 9.52 Å². The highest BCUT2D eigenvalue weighted by molar-refractivity contribution is 7.13. The molecule has 0 radical (unpaired) electrons. The summed E-state index contributed by atoms with van der Waals surface area (Å²) in [4.78, 5) is 19.0. The lowest BCUT2D eigenvalue weighted by Crippen LogP contribution is -2.32. The topological polar surface area (TPSA) is 45.2 Å². The summed E-state index contributed by atoms with van der Waals surface area (Å²) in [6.45, 7) is 5.34.